The standard InChI is InChI=1S/C36H58N2O6/c1-6-7-8-9-10-11-12-13-14-15-16-17-18-19-20-21-31(39)38-29-24-22-28(23-25-29)30(34(41)42)26-37-33(40)32-35(2,3)27-43-36(4,5)44-32/h13-14,22-25,30,32H,6-12,15-21,26-27H2,1-5H3,(H,37,40)(H,38,39)(H,41,42)/b14-13-. The van der Waals surface area contributed by atoms with E-state index in [2.05, 4.69) is 29.7 Å². The van der Waals surface area contributed by atoms with E-state index < -0.39 is 29.2 Å². The van der Waals surface area contributed by atoms with E-state index in [4.69, 9.17) is 9.47 Å². The highest BCUT2D eigenvalue weighted by molar-refractivity contribution is 5.90. The van der Waals surface area contributed by atoms with Crippen molar-refractivity contribution in [1.29, 1.82) is 0 Å². The molecule has 44 heavy (non-hydrogen) atoms. The number of hydrogen-bond acceptors (Lipinski definition) is 5. The molecule has 3 N–H and O–H groups in total. The van der Waals surface area contributed by atoms with Gasteiger partial charge in [0.2, 0.25) is 11.8 Å². The minimum atomic E-state index is -1.04. The van der Waals surface area contributed by atoms with Gasteiger partial charge in [0.1, 0.15) is 6.10 Å². The number of carbonyl (C=O) groups excluding carboxylic acids is 2. The molecule has 1 heterocycles. The van der Waals surface area contributed by atoms with Crippen LogP contribution in [0.15, 0.2) is 36.4 Å². The summed E-state index contributed by atoms with van der Waals surface area (Å²) in [5, 5.41) is 15.5. The maximum Gasteiger partial charge on any atom is 0.312 e. The molecule has 8 nitrogen and oxygen atoms in total. The summed E-state index contributed by atoms with van der Waals surface area (Å²) in [7, 11) is 0. The largest absolute Gasteiger partial charge is 0.481 e. The Morgan fingerprint density at radius 1 is 0.886 bits per heavy atom. The Morgan fingerprint density at radius 3 is 2.05 bits per heavy atom. The zero-order valence-electron chi connectivity index (χ0n) is 27.9. The molecule has 1 aliphatic rings. The van der Waals surface area contributed by atoms with Crippen LogP contribution in [0, 0.1) is 5.41 Å². The molecular formula is C36H58N2O6. The summed E-state index contributed by atoms with van der Waals surface area (Å²) in [6, 6.07) is 6.78. The third-order valence-electron chi connectivity index (χ3n) is 8.18. The van der Waals surface area contributed by atoms with Crippen LogP contribution in [0.1, 0.15) is 136 Å². The average Bonchev–Trinajstić information content (AvgIpc) is 2.97. The van der Waals surface area contributed by atoms with E-state index in [1.165, 1.54) is 57.8 Å². The molecule has 0 aromatic heterocycles. The predicted octanol–water partition coefficient (Wildman–Crippen LogP) is 8.12. The average molecular weight is 615 g/mol. The summed E-state index contributed by atoms with van der Waals surface area (Å²) in [4.78, 5) is 37.4. The lowest BCUT2D eigenvalue weighted by Crippen LogP contribution is -2.56. The van der Waals surface area contributed by atoms with E-state index in [1.807, 2.05) is 13.8 Å². The van der Waals surface area contributed by atoms with Gasteiger partial charge in [-0.1, -0.05) is 96.4 Å². The number of carboxylic acid groups (broad SMARTS) is 1. The van der Waals surface area contributed by atoms with Crippen molar-refractivity contribution >= 4 is 23.5 Å². The molecule has 1 aliphatic heterocycles. The molecule has 0 bridgehead atoms. The zero-order chi connectivity index (χ0) is 32.4. The molecule has 0 spiro atoms. The molecule has 0 radical (unpaired) electrons. The third-order valence-corrected chi connectivity index (χ3v) is 8.18. The topological polar surface area (TPSA) is 114 Å². The molecule has 0 saturated carbocycles. The number of rotatable bonds is 21. The number of ether oxygens (including phenoxy) is 2. The van der Waals surface area contributed by atoms with Crippen LogP contribution in [0.5, 0.6) is 0 Å². The molecule has 2 amide bonds. The summed E-state index contributed by atoms with van der Waals surface area (Å²) in [6.07, 6.45) is 20.2. The van der Waals surface area contributed by atoms with Crippen molar-refractivity contribution < 1.29 is 29.0 Å². The molecule has 1 fully saturated rings. The van der Waals surface area contributed by atoms with Crippen LogP contribution in [0.3, 0.4) is 0 Å². The van der Waals surface area contributed by atoms with Crippen LogP contribution in [-0.4, -0.2) is 47.9 Å². The van der Waals surface area contributed by atoms with Gasteiger partial charge in [0.05, 0.1) is 12.5 Å². The van der Waals surface area contributed by atoms with Crippen molar-refractivity contribution in [2.75, 3.05) is 18.5 Å². The lowest BCUT2D eigenvalue weighted by atomic mass is 9.85. The van der Waals surface area contributed by atoms with Crippen molar-refractivity contribution in [3.8, 4) is 0 Å². The number of carbonyl (C=O) groups is 3. The number of anilines is 1. The van der Waals surface area contributed by atoms with Crippen molar-refractivity contribution in [2.45, 2.75) is 142 Å². The number of hydrogen-bond donors (Lipinski definition) is 3. The van der Waals surface area contributed by atoms with Crippen LogP contribution < -0.4 is 10.6 Å². The van der Waals surface area contributed by atoms with Gasteiger partial charge in [-0.15, -0.1) is 0 Å². The first-order valence-electron chi connectivity index (χ1n) is 16.8. The normalized spacial score (nSPS) is 18.2. The molecule has 0 aliphatic carbocycles. The molecule has 1 aromatic carbocycles. The van der Waals surface area contributed by atoms with Crippen molar-refractivity contribution in [3.05, 3.63) is 42.0 Å². The quantitative estimate of drug-likeness (QED) is 0.0952. The molecule has 248 valence electrons. The summed E-state index contributed by atoms with van der Waals surface area (Å²) in [5.74, 6) is -3.28. The van der Waals surface area contributed by atoms with Gasteiger partial charge >= 0.3 is 5.97 Å². The van der Waals surface area contributed by atoms with Gasteiger partial charge in [-0.2, -0.15) is 0 Å². The lowest BCUT2D eigenvalue weighted by Gasteiger charge is -2.44. The SMILES string of the molecule is CCCCCCCC/C=C\CCCCCCCC(=O)Nc1ccc(C(CNC(=O)C2OC(C)(C)OCC2(C)C)C(=O)O)cc1. The van der Waals surface area contributed by atoms with Crippen LogP contribution in [0.4, 0.5) is 5.69 Å². The summed E-state index contributed by atoms with van der Waals surface area (Å²) in [6.45, 7) is 9.79. The van der Waals surface area contributed by atoms with Gasteiger partial charge in [-0.05, 0) is 63.6 Å². The maximum absolute atomic E-state index is 13.0. The second-order valence-electron chi connectivity index (χ2n) is 13.3. The number of amides is 2. The highest BCUT2D eigenvalue weighted by Crippen LogP contribution is 2.35. The first kappa shape index (κ1) is 37.5. The van der Waals surface area contributed by atoms with E-state index in [-0.39, 0.29) is 18.4 Å². The fourth-order valence-electron chi connectivity index (χ4n) is 5.34. The van der Waals surface area contributed by atoms with Gasteiger partial charge in [-0.3, -0.25) is 14.4 Å². The fraction of sp³-hybridized carbons (Fsp3) is 0.694. The first-order chi connectivity index (χ1) is 20.9. The number of unbranched alkanes of at least 4 members (excludes halogenated alkanes) is 11. The van der Waals surface area contributed by atoms with E-state index in [0.29, 0.717) is 24.3 Å². The Kier molecular flexibility index (Phi) is 16.7. The van der Waals surface area contributed by atoms with E-state index in [0.717, 1.165) is 25.7 Å². The highest BCUT2D eigenvalue weighted by atomic mass is 16.7. The Bertz CT molecular complexity index is 1030. The Morgan fingerprint density at radius 2 is 1.45 bits per heavy atom. The minimum Gasteiger partial charge on any atom is -0.481 e. The Labute approximate surface area is 265 Å². The molecular weight excluding hydrogens is 556 g/mol. The van der Waals surface area contributed by atoms with Crippen molar-refractivity contribution in [2.24, 2.45) is 5.41 Å². The summed E-state index contributed by atoms with van der Waals surface area (Å²) < 4.78 is 11.5. The molecule has 1 aromatic rings. The summed E-state index contributed by atoms with van der Waals surface area (Å²) in [5.41, 5.74) is 0.613. The van der Waals surface area contributed by atoms with Gasteiger partial charge < -0.3 is 25.2 Å². The van der Waals surface area contributed by atoms with Gasteiger partial charge in [0, 0.05) is 24.1 Å². The second kappa shape index (κ2) is 19.6. The smallest absolute Gasteiger partial charge is 0.312 e. The number of aliphatic carboxylic acids is 1. The van der Waals surface area contributed by atoms with Crippen molar-refractivity contribution in [1.82, 2.24) is 5.32 Å². The minimum absolute atomic E-state index is 0.0422. The number of benzene rings is 1. The molecule has 2 atom stereocenters. The number of carboxylic acids is 1. The number of nitrogens with one attached hydrogen (secondary N) is 2. The van der Waals surface area contributed by atoms with Gasteiger partial charge in [0.15, 0.2) is 5.79 Å². The predicted molar refractivity (Wildman–Crippen MR) is 177 cm³/mol. The third kappa shape index (κ3) is 14.4. The molecule has 2 rings (SSSR count). The Hall–Kier alpha value is -2.71. The van der Waals surface area contributed by atoms with Crippen LogP contribution >= 0.6 is 0 Å². The van der Waals surface area contributed by atoms with Crippen LogP contribution in [0.25, 0.3) is 0 Å². The zero-order valence-corrected chi connectivity index (χ0v) is 27.9. The molecule has 8 heteroatoms. The molecule has 2 unspecified atom stereocenters. The maximum atomic E-state index is 13.0. The first-order valence-corrected chi connectivity index (χ1v) is 16.8. The van der Waals surface area contributed by atoms with Gasteiger partial charge in [0.25, 0.3) is 0 Å². The van der Waals surface area contributed by atoms with E-state index in [1.54, 1.807) is 38.1 Å². The monoisotopic (exact) mass is 614 g/mol. The van der Waals surface area contributed by atoms with Crippen LogP contribution in [0.2, 0.25) is 0 Å². The van der Waals surface area contributed by atoms with Crippen molar-refractivity contribution in [3.63, 3.8) is 0 Å². The van der Waals surface area contributed by atoms with Gasteiger partial charge in [-0.25, -0.2) is 0 Å². The fourth-order valence-corrected chi connectivity index (χ4v) is 5.34. The highest BCUT2D eigenvalue weighted by Gasteiger charge is 2.45. The van der Waals surface area contributed by atoms with E-state index >= 15 is 0 Å². The van der Waals surface area contributed by atoms with Crippen LogP contribution in [-0.2, 0) is 23.9 Å². The second-order valence-corrected chi connectivity index (χ2v) is 13.3. The lowest BCUT2D eigenvalue weighted by molar-refractivity contribution is -0.304. The summed E-state index contributed by atoms with van der Waals surface area (Å²) >= 11 is 0. The molecule has 1 saturated heterocycles. The Balaban J connectivity index is 1.65. The van der Waals surface area contributed by atoms with E-state index in [9.17, 15) is 19.5 Å². The number of allylic oxidation sites excluding steroid dienone is 2.